The predicted molar refractivity (Wildman–Crippen MR) is 147 cm³/mol. The van der Waals surface area contributed by atoms with Gasteiger partial charge in [-0.25, -0.2) is 9.78 Å². The molecular formula is C28H29FN8O2. The molecule has 1 fully saturated rings. The van der Waals surface area contributed by atoms with Crippen LogP contribution < -0.4 is 16.3 Å². The fourth-order valence-electron chi connectivity index (χ4n) is 6.70. The van der Waals surface area contributed by atoms with Crippen molar-refractivity contribution in [3.63, 3.8) is 0 Å². The normalized spacial score (nSPS) is 20.6. The second-order valence-electron chi connectivity index (χ2n) is 10.7. The molecule has 7 rings (SSSR count). The minimum absolute atomic E-state index is 0.00291. The van der Waals surface area contributed by atoms with Crippen LogP contribution in [0.1, 0.15) is 25.3 Å². The quantitative estimate of drug-likeness (QED) is 0.324. The number of aryl methyl sites for hydroxylation is 2. The first-order valence-corrected chi connectivity index (χ1v) is 13.2. The van der Waals surface area contributed by atoms with Crippen molar-refractivity contribution in [1.82, 2.24) is 34.2 Å². The average molecular weight is 529 g/mol. The van der Waals surface area contributed by atoms with Gasteiger partial charge in [-0.15, -0.1) is 5.10 Å². The number of hydrogen-bond acceptors (Lipinski definition) is 5. The van der Waals surface area contributed by atoms with Crippen LogP contribution in [0.15, 0.2) is 41.5 Å². The van der Waals surface area contributed by atoms with E-state index >= 15 is 4.39 Å². The SMILES string of the molecule is CNC(=O)C1CNc2cccc(c2)-c2c(-c3cn(C)nc3F)[nH]c3ncc4c(c23)n(c(=O)n4C)[C@@H]2CC[C@@H]1C2. The van der Waals surface area contributed by atoms with Crippen LogP contribution in [0, 0.1) is 17.8 Å². The number of aromatic amines is 1. The fraction of sp³-hybridized carbons (Fsp3) is 0.357. The molecule has 1 aromatic carbocycles. The van der Waals surface area contributed by atoms with Crippen LogP contribution in [0.3, 0.4) is 0 Å². The number of aromatic nitrogens is 6. The summed E-state index contributed by atoms with van der Waals surface area (Å²) < 4.78 is 20.1. The number of halogens is 1. The maximum absolute atomic E-state index is 15.1. The average Bonchev–Trinajstić information content (AvgIpc) is 3.68. The van der Waals surface area contributed by atoms with Gasteiger partial charge in [0, 0.05) is 51.2 Å². The van der Waals surface area contributed by atoms with E-state index in [1.807, 2.05) is 28.8 Å². The molecule has 3 N–H and O–H groups in total. The van der Waals surface area contributed by atoms with Crippen LogP contribution >= 0.6 is 0 Å². The molecular weight excluding hydrogens is 499 g/mol. The van der Waals surface area contributed by atoms with Crippen LogP contribution in [-0.4, -0.2) is 48.4 Å². The molecule has 1 saturated carbocycles. The molecule has 0 spiro atoms. The van der Waals surface area contributed by atoms with Gasteiger partial charge in [0.1, 0.15) is 5.65 Å². The van der Waals surface area contributed by atoms with Crippen LogP contribution in [0.5, 0.6) is 0 Å². The molecule has 10 nitrogen and oxygen atoms in total. The van der Waals surface area contributed by atoms with E-state index in [0.717, 1.165) is 40.6 Å². The number of nitrogens with one attached hydrogen (secondary N) is 3. The number of H-pyrrole nitrogens is 1. The number of imidazole rings is 1. The van der Waals surface area contributed by atoms with Gasteiger partial charge in [-0.2, -0.15) is 4.39 Å². The minimum Gasteiger partial charge on any atom is -0.384 e. The number of nitrogens with zero attached hydrogens (tertiary/aromatic N) is 5. The number of carbonyl (C=O) groups is 1. The van der Waals surface area contributed by atoms with E-state index in [0.29, 0.717) is 35.4 Å². The Balaban J connectivity index is 1.60. The molecule has 1 amide bonds. The van der Waals surface area contributed by atoms with E-state index < -0.39 is 5.95 Å². The number of hydrogen-bond donors (Lipinski definition) is 3. The van der Waals surface area contributed by atoms with Gasteiger partial charge < -0.3 is 15.6 Å². The largest absolute Gasteiger partial charge is 0.384 e. The van der Waals surface area contributed by atoms with Crippen molar-refractivity contribution < 1.29 is 9.18 Å². The molecule has 39 heavy (non-hydrogen) atoms. The van der Waals surface area contributed by atoms with Crippen molar-refractivity contribution >= 4 is 33.7 Å². The first-order chi connectivity index (χ1) is 18.9. The molecule has 4 aromatic heterocycles. The Labute approximate surface area is 222 Å². The van der Waals surface area contributed by atoms with Gasteiger partial charge in [-0.3, -0.25) is 18.6 Å². The Morgan fingerprint density at radius 2 is 2.08 bits per heavy atom. The molecule has 2 aliphatic rings. The minimum atomic E-state index is -0.591. The molecule has 5 heterocycles. The number of carbonyl (C=O) groups excluding carboxylic acids is 1. The Morgan fingerprint density at radius 1 is 1.23 bits per heavy atom. The third-order valence-electron chi connectivity index (χ3n) is 8.56. The van der Waals surface area contributed by atoms with Crippen molar-refractivity contribution in [1.29, 1.82) is 0 Å². The number of rotatable bonds is 2. The zero-order valence-electron chi connectivity index (χ0n) is 22.0. The Morgan fingerprint density at radius 3 is 2.85 bits per heavy atom. The summed E-state index contributed by atoms with van der Waals surface area (Å²) >= 11 is 0. The summed E-state index contributed by atoms with van der Waals surface area (Å²) in [5, 5.41) is 11.0. The third kappa shape index (κ3) is 3.45. The first kappa shape index (κ1) is 23.7. The smallest absolute Gasteiger partial charge is 0.329 e. The number of benzene rings is 1. The number of pyridine rings is 1. The molecule has 0 radical (unpaired) electrons. The van der Waals surface area contributed by atoms with Gasteiger partial charge in [0.25, 0.3) is 0 Å². The topological polar surface area (TPSA) is 115 Å². The number of fused-ring (bicyclic) bond motifs is 6. The Bertz CT molecular complexity index is 1840. The van der Waals surface area contributed by atoms with Gasteiger partial charge in [0.05, 0.1) is 39.8 Å². The molecule has 1 aliphatic heterocycles. The lowest BCUT2D eigenvalue weighted by molar-refractivity contribution is -0.125. The molecule has 0 saturated heterocycles. The zero-order valence-corrected chi connectivity index (χ0v) is 22.0. The summed E-state index contributed by atoms with van der Waals surface area (Å²) in [5.41, 5.74) is 5.26. The van der Waals surface area contributed by atoms with Gasteiger partial charge in [-0.05, 0) is 42.9 Å². The highest BCUT2D eigenvalue weighted by Gasteiger charge is 2.37. The molecule has 11 heteroatoms. The highest BCUT2D eigenvalue weighted by molar-refractivity contribution is 6.14. The number of amides is 1. The van der Waals surface area contributed by atoms with Crippen LogP contribution in [0.4, 0.5) is 10.1 Å². The van der Waals surface area contributed by atoms with Crippen LogP contribution in [0.2, 0.25) is 0 Å². The second kappa shape index (κ2) is 8.55. The van der Waals surface area contributed by atoms with Crippen molar-refractivity contribution in [2.24, 2.45) is 25.9 Å². The van der Waals surface area contributed by atoms with Crippen molar-refractivity contribution in [2.75, 3.05) is 18.9 Å². The molecule has 1 unspecified atom stereocenters. The van der Waals surface area contributed by atoms with E-state index in [-0.39, 0.29) is 29.5 Å². The summed E-state index contributed by atoms with van der Waals surface area (Å²) in [5.74, 6) is -0.712. The highest BCUT2D eigenvalue weighted by atomic mass is 19.1. The van der Waals surface area contributed by atoms with E-state index in [9.17, 15) is 9.59 Å². The summed E-state index contributed by atoms with van der Waals surface area (Å²) in [6.45, 7) is 0.473. The second-order valence-corrected chi connectivity index (χ2v) is 10.7. The summed E-state index contributed by atoms with van der Waals surface area (Å²) in [4.78, 5) is 34.8. The monoisotopic (exact) mass is 528 g/mol. The van der Waals surface area contributed by atoms with Gasteiger partial charge >= 0.3 is 5.69 Å². The van der Waals surface area contributed by atoms with Crippen LogP contribution in [0.25, 0.3) is 44.5 Å². The lowest BCUT2D eigenvalue weighted by Gasteiger charge is -2.23. The fourth-order valence-corrected chi connectivity index (χ4v) is 6.70. The molecule has 200 valence electrons. The molecule has 4 bridgehead atoms. The first-order valence-electron chi connectivity index (χ1n) is 13.2. The maximum atomic E-state index is 15.1. The van der Waals surface area contributed by atoms with Crippen molar-refractivity contribution in [3.8, 4) is 22.4 Å². The van der Waals surface area contributed by atoms with Crippen molar-refractivity contribution in [3.05, 3.63) is 53.1 Å². The Hall–Kier alpha value is -4.41. The Kier molecular flexibility index (Phi) is 5.19. The summed E-state index contributed by atoms with van der Waals surface area (Å²) in [7, 11) is 5.11. The number of anilines is 1. The van der Waals surface area contributed by atoms with Gasteiger partial charge in [0.15, 0.2) is 0 Å². The van der Waals surface area contributed by atoms with Crippen molar-refractivity contribution in [2.45, 2.75) is 25.3 Å². The third-order valence-corrected chi connectivity index (χ3v) is 8.56. The van der Waals surface area contributed by atoms with E-state index in [1.165, 1.54) is 4.68 Å². The van der Waals surface area contributed by atoms with E-state index in [4.69, 9.17) is 0 Å². The lowest BCUT2D eigenvalue weighted by Crippen LogP contribution is -2.37. The highest BCUT2D eigenvalue weighted by Crippen LogP contribution is 2.45. The summed E-state index contributed by atoms with van der Waals surface area (Å²) in [6, 6.07) is 7.80. The molecule has 3 atom stereocenters. The van der Waals surface area contributed by atoms with E-state index in [2.05, 4.69) is 25.7 Å². The lowest BCUT2D eigenvalue weighted by atomic mass is 9.89. The predicted octanol–water partition coefficient (Wildman–Crippen LogP) is 3.55. The van der Waals surface area contributed by atoms with Crippen LogP contribution in [-0.2, 0) is 18.9 Å². The van der Waals surface area contributed by atoms with Gasteiger partial charge in [-0.1, -0.05) is 12.1 Å². The summed E-state index contributed by atoms with van der Waals surface area (Å²) in [6.07, 6.45) is 5.69. The van der Waals surface area contributed by atoms with E-state index in [1.54, 1.807) is 38.1 Å². The van der Waals surface area contributed by atoms with Gasteiger partial charge in [0.2, 0.25) is 11.9 Å². The standard InChI is InChI=1S/C28H29FN8O2/c1-30-27(38)18-11-31-16-6-4-5-15(9-16)21-22-24-20(36(3)28(39)37(24)17-8-7-14(18)10-17)12-32-26(22)33-23(21)19-13-35(2)34-25(19)29/h4-6,9,12-14,17-18,31H,7-8,10-11H2,1-3H3,(H,30,38)(H,32,33)/t14-,17-,18?/m1/s1. The molecule has 5 aromatic rings. The maximum Gasteiger partial charge on any atom is 0.329 e. The zero-order chi connectivity index (χ0) is 27.0. The molecule has 1 aliphatic carbocycles.